The van der Waals surface area contributed by atoms with Gasteiger partial charge in [-0.15, -0.1) is 0 Å². The Morgan fingerprint density at radius 1 is 1.27 bits per heavy atom. The van der Waals surface area contributed by atoms with Gasteiger partial charge in [0.2, 0.25) is 0 Å². The maximum absolute atomic E-state index is 12.7. The van der Waals surface area contributed by atoms with E-state index in [4.69, 9.17) is 13.9 Å². The van der Waals surface area contributed by atoms with Crippen LogP contribution in [0.5, 0.6) is 0 Å². The van der Waals surface area contributed by atoms with Crippen LogP contribution in [0.25, 0.3) is 0 Å². The van der Waals surface area contributed by atoms with Crippen molar-refractivity contribution in [2.24, 2.45) is 0 Å². The van der Waals surface area contributed by atoms with Gasteiger partial charge in [-0.25, -0.2) is 4.79 Å². The van der Waals surface area contributed by atoms with Crippen molar-refractivity contribution in [3.8, 4) is 0 Å². The number of amides is 1. The summed E-state index contributed by atoms with van der Waals surface area (Å²) in [6.07, 6.45) is 3.60. The molecule has 2 saturated heterocycles. The maximum Gasteiger partial charge on any atom is 0.410 e. The zero-order chi connectivity index (χ0) is 24.9. The molecule has 1 amide bonds. The first-order valence-electron chi connectivity index (χ1n) is 11.5. The van der Waals surface area contributed by atoms with Gasteiger partial charge in [-0.3, -0.25) is 4.90 Å². The van der Waals surface area contributed by atoms with E-state index < -0.39 is 24.6 Å². The van der Waals surface area contributed by atoms with Gasteiger partial charge < -0.3 is 13.9 Å². The minimum absolute atomic E-state index is 0.0583. The largest absolute Gasteiger partial charge is 0.445 e. The molecule has 2 heterocycles. The average molecular weight is 504 g/mol. The summed E-state index contributed by atoms with van der Waals surface area (Å²) in [6, 6.07) is -0.232. The van der Waals surface area contributed by atoms with Crippen molar-refractivity contribution in [3.63, 3.8) is 0 Å². The van der Waals surface area contributed by atoms with E-state index >= 15 is 0 Å². The number of ether oxygens (including phenoxy) is 2. The van der Waals surface area contributed by atoms with Crippen molar-refractivity contribution in [2.75, 3.05) is 46.0 Å². The van der Waals surface area contributed by atoms with E-state index in [1.54, 1.807) is 4.90 Å². The molecule has 190 valence electrons. The van der Waals surface area contributed by atoms with Crippen LogP contribution in [0, 0.1) is 0 Å². The highest BCUT2D eigenvalue weighted by atomic mass is 32.2. The topological polar surface area (TPSA) is 97.4 Å². The normalized spacial score (nSPS) is 23.6. The first kappa shape index (κ1) is 28.0. The Morgan fingerprint density at radius 3 is 2.48 bits per heavy atom. The molecule has 33 heavy (non-hydrogen) atoms. The van der Waals surface area contributed by atoms with E-state index in [-0.39, 0.29) is 30.3 Å². The lowest BCUT2D eigenvalue weighted by Crippen LogP contribution is -2.47. The Hall–Kier alpha value is -1.24. The molecule has 0 bridgehead atoms. The summed E-state index contributed by atoms with van der Waals surface area (Å²) >= 11 is 0. The third kappa shape index (κ3) is 7.90. The van der Waals surface area contributed by atoms with Crippen LogP contribution in [0.15, 0.2) is 24.3 Å². The molecule has 0 radical (unpaired) electrons. The Labute approximate surface area is 200 Å². The van der Waals surface area contributed by atoms with Gasteiger partial charge in [-0.1, -0.05) is 45.1 Å². The van der Waals surface area contributed by atoms with Crippen molar-refractivity contribution < 1.29 is 27.1 Å². The first-order chi connectivity index (χ1) is 15.3. The SMILES string of the molecule is C=CCOC(=O)N1C[C@H](O[Si](C)(C)C(C)(C)C)C[C@H]1C=C(C)CNS(=O)(=O)N1CCOCC1. The fourth-order valence-corrected chi connectivity index (χ4v) is 6.14. The van der Waals surface area contributed by atoms with Crippen LogP contribution in [-0.2, 0) is 24.1 Å². The molecule has 0 aromatic heterocycles. The van der Waals surface area contributed by atoms with Crippen molar-refractivity contribution in [2.45, 2.75) is 64.4 Å². The summed E-state index contributed by atoms with van der Waals surface area (Å²) in [6.45, 7) is 18.6. The van der Waals surface area contributed by atoms with Crippen LogP contribution in [-0.4, -0.2) is 90.2 Å². The molecule has 1 N–H and O–H groups in total. The predicted octanol–water partition coefficient (Wildman–Crippen LogP) is 2.89. The van der Waals surface area contributed by atoms with E-state index in [1.807, 2.05) is 13.0 Å². The number of carbonyl (C=O) groups is 1. The van der Waals surface area contributed by atoms with E-state index in [2.05, 4.69) is 45.2 Å². The van der Waals surface area contributed by atoms with Gasteiger partial charge in [0.1, 0.15) is 6.61 Å². The van der Waals surface area contributed by atoms with E-state index in [1.165, 1.54) is 10.4 Å². The third-order valence-corrected chi connectivity index (χ3v) is 12.5. The first-order valence-corrected chi connectivity index (χ1v) is 15.8. The molecule has 0 aromatic rings. The lowest BCUT2D eigenvalue weighted by Gasteiger charge is -2.38. The fourth-order valence-electron chi connectivity index (χ4n) is 3.56. The van der Waals surface area contributed by atoms with Crippen molar-refractivity contribution >= 4 is 24.6 Å². The molecule has 2 aliphatic heterocycles. The van der Waals surface area contributed by atoms with Crippen LogP contribution in [0.2, 0.25) is 18.1 Å². The fraction of sp³-hybridized carbons (Fsp3) is 0.773. The Balaban J connectivity index is 2.09. The van der Waals surface area contributed by atoms with Crippen molar-refractivity contribution in [1.29, 1.82) is 0 Å². The summed E-state index contributed by atoms with van der Waals surface area (Å²) in [5.74, 6) is 0. The van der Waals surface area contributed by atoms with E-state index in [9.17, 15) is 13.2 Å². The van der Waals surface area contributed by atoms with Crippen LogP contribution in [0.3, 0.4) is 0 Å². The van der Waals surface area contributed by atoms with Crippen LogP contribution in [0.4, 0.5) is 4.79 Å². The van der Waals surface area contributed by atoms with Gasteiger partial charge in [-0.2, -0.15) is 17.4 Å². The summed E-state index contributed by atoms with van der Waals surface area (Å²) in [5.41, 5.74) is 0.825. The second-order valence-electron chi connectivity index (χ2n) is 10.2. The second kappa shape index (κ2) is 11.5. The average Bonchev–Trinajstić information content (AvgIpc) is 3.11. The Kier molecular flexibility index (Phi) is 9.72. The van der Waals surface area contributed by atoms with Crippen LogP contribution in [0.1, 0.15) is 34.1 Å². The summed E-state index contributed by atoms with van der Waals surface area (Å²) in [4.78, 5) is 14.3. The quantitative estimate of drug-likeness (QED) is 0.384. The second-order valence-corrected chi connectivity index (χ2v) is 16.7. The summed E-state index contributed by atoms with van der Waals surface area (Å²) in [7, 11) is -5.59. The van der Waals surface area contributed by atoms with E-state index in [0.717, 1.165) is 5.57 Å². The number of carbonyl (C=O) groups excluding carboxylic acids is 1. The molecule has 0 aliphatic carbocycles. The molecule has 9 nitrogen and oxygen atoms in total. The third-order valence-electron chi connectivity index (χ3n) is 6.45. The number of hydrogen-bond acceptors (Lipinski definition) is 6. The zero-order valence-corrected chi connectivity index (χ0v) is 22.7. The predicted molar refractivity (Wildman–Crippen MR) is 132 cm³/mol. The standard InChI is InChI=1S/C22H41N3O6SSi/c1-8-11-30-21(26)25-17-20(31-33(6,7)22(3,4)5)15-19(25)14-18(2)16-23-32(27,28)24-9-12-29-13-10-24/h8,14,19-20,23H,1,9-13,15-17H2,2-7H3/t19-,20-/m1/s1. The Bertz CT molecular complexity index is 818. The number of likely N-dealkylation sites (tertiary alicyclic amines) is 1. The molecular weight excluding hydrogens is 462 g/mol. The molecule has 2 aliphatic rings. The minimum Gasteiger partial charge on any atom is -0.445 e. The molecule has 2 atom stereocenters. The monoisotopic (exact) mass is 503 g/mol. The number of hydrogen-bond donors (Lipinski definition) is 1. The van der Waals surface area contributed by atoms with E-state index in [0.29, 0.717) is 39.3 Å². The molecule has 0 unspecified atom stereocenters. The molecule has 2 fully saturated rings. The molecular formula is C22H41N3O6SSi. The van der Waals surface area contributed by atoms with Gasteiger partial charge in [0.05, 0.1) is 25.4 Å². The maximum atomic E-state index is 12.7. The van der Waals surface area contributed by atoms with Crippen LogP contribution >= 0.6 is 0 Å². The molecule has 0 aromatic carbocycles. The number of nitrogens with zero attached hydrogens (tertiary/aromatic N) is 2. The Morgan fingerprint density at radius 2 is 1.91 bits per heavy atom. The van der Waals surface area contributed by atoms with Gasteiger partial charge in [0.15, 0.2) is 8.32 Å². The highest BCUT2D eigenvalue weighted by molar-refractivity contribution is 7.87. The lowest BCUT2D eigenvalue weighted by atomic mass is 10.1. The van der Waals surface area contributed by atoms with Crippen LogP contribution < -0.4 is 4.72 Å². The number of nitrogens with one attached hydrogen (secondary N) is 1. The highest BCUT2D eigenvalue weighted by Gasteiger charge is 2.43. The molecule has 0 spiro atoms. The van der Waals surface area contributed by atoms with Gasteiger partial charge in [0.25, 0.3) is 10.2 Å². The minimum atomic E-state index is -3.58. The van der Waals surface area contributed by atoms with Gasteiger partial charge >= 0.3 is 6.09 Å². The molecule has 0 saturated carbocycles. The molecule has 11 heteroatoms. The van der Waals surface area contributed by atoms with Crippen molar-refractivity contribution in [3.05, 3.63) is 24.3 Å². The van der Waals surface area contributed by atoms with Gasteiger partial charge in [-0.05, 0) is 31.5 Å². The number of rotatable bonds is 9. The van der Waals surface area contributed by atoms with Gasteiger partial charge in [0, 0.05) is 26.2 Å². The summed E-state index contributed by atoms with van der Waals surface area (Å²) < 4.78 is 46.2. The smallest absolute Gasteiger partial charge is 0.410 e. The summed E-state index contributed by atoms with van der Waals surface area (Å²) in [5, 5.41) is 0.0583. The number of morpholine rings is 1. The zero-order valence-electron chi connectivity index (χ0n) is 20.9. The molecule has 2 rings (SSSR count). The lowest BCUT2D eigenvalue weighted by molar-refractivity contribution is 0.0725. The highest BCUT2D eigenvalue weighted by Crippen LogP contribution is 2.39. The van der Waals surface area contributed by atoms with Crippen molar-refractivity contribution in [1.82, 2.24) is 13.9 Å².